The van der Waals surface area contributed by atoms with Crippen LogP contribution in [-0.4, -0.2) is 26.5 Å². The molecule has 7 nitrogen and oxygen atoms in total. The van der Waals surface area contributed by atoms with Gasteiger partial charge in [-0.1, -0.05) is 25.1 Å². The molecule has 0 aliphatic carbocycles. The summed E-state index contributed by atoms with van der Waals surface area (Å²) in [7, 11) is 2.10. The van der Waals surface area contributed by atoms with Gasteiger partial charge in [0.05, 0.1) is 28.9 Å². The summed E-state index contributed by atoms with van der Waals surface area (Å²) in [6, 6.07) is 12.6. The van der Waals surface area contributed by atoms with Crippen LogP contribution in [0.15, 0.2) is 60.5 Å². The Morgan fingerprint density at radius 2 is 2.03 bits per heavy atom. The van der Waals surface area contributed by atoms with Crippen molar-refractivity contribution in [2.24, 2.45) is 0 Å². The second-order valence-corrected chi connectivity index (χ2v) is 8.74. The monoisotopic (exact) mass is 499 g/mol. The standard InChI is InChI=1S/C23H20F2N5O2PS/c1-15(22-29-21(10-34-22)17-4-2-16(9-26)3-5-17)23(31-14-32-33,11-30-13-27-12-28-30)19-7-6-18(24)8-20(19)25/h2-8,10,12-13,15H,11,14,33H2,1H3/t15-,23+/m0/s1. The number of thiazole rings is 1. The molecule has 4 rings (SSSR count). The first kappa shape index (κ1) is 24.0. The summed E-state index contributed by atoms with van der Waals surface area (Å²) in [4.78, 5) is 8.76. The van der Waals surface area contributed by atoms with Crippen LogP contribution in [0.3, 0.4) is 0 Å². The Labute approximate surface area is 201 Å². The number of ether oxygens (including phenoxy) is 1. The van der Waals surface area contributed by atoms with Crippen molar-refractivity contribution in [1.29, 1.82) is 5.26 Å². The molecule has 1 unspecified atom stereocenters. The van der Waals surface area contributed by atoms with E-state index in [2.05, 4.69) is 25.6 Å². The Bertz CT molecular complexity index is 1290. The fraction of sp³-hybridized carbons (Fsp3) is 0.217. The number of nitriles is 1. The highest BCUT2D eigenvalue weighted by molar-refractivity contribution is 7.10. The zero-order chi connectivity index (χ0) is 24.1. The van der Waals surface area contributed by atoms with Gasteiger partial charge in [0, 0.05) is 38.0 Å². The van der Waals surface area contributed by atoms with Gasteiger partial charge in [0.15, 0.2) is 6.79 Å². The van der Waals surface area contributed by atoms with Crippen LogP contribution in [0.2, 0.25) is 0 Å². The van der Waals surface area contributed by atoms with Crippen molar-refractivity contribution in [1.82, 2.24) is 19.7 Å². The Kier molecular flexibility index (Phi) is 7.39. The van der Waals surface area contributed by atoms with Gasteiger partial charge in [-0.15, -0.1) is 11.3 Å². The van der Waals surface area contributed by atoms with Gasteiger partial charge < -0.3 is 9.26 Å². The van der Waals surface area contributed by atoms with Crippen LogP contribution in [0.25, 0.3) is 11.3 Å². The zero-order valence-electron chi connectivity index (χ0n) is 18.1. The minimum Gasteiger partial charge on any atom is -0.341 e. The lowest BCUT2D eigenvalue weighted by molar-refractivity contribution is -0.131. The molecule has 0 spiro atoms. The van der Waals surface area contributed by atoms with Crippen LogP contribution in [0.4, 0.5) is 8.78 Å². The predicted octanol–water partition coefficient (Wildman–Crippen LogP) is 5.03. The Morgan fingerprint density at radius 3 is 2.68 bits per heavy atom. The van der Waals surface area contributed by atoms with E-state index in [1.165, 1.54) is 40.8 Å². The van der Waals surface area contributed by atoms with Gasteiger partial charge in [-0.25, -0.2) is 23.4 Å². The molecular formula is C23H20F2N5O2PS. The van der Waals surface area contributed by atoms with E-state index in [0.29, 0.717) is 16.3 Å². The lowest BCUT2D eigenvalue weighted by Crippen LogP contribution is -2.41. The molecule has 34 heavy (non-hydrogen) atoms. The maximum atomic E-state index is 15.2. The topological polar surface area (TPSA) is 85.9 Å². The maximum absolute atomic E-state index is 15.2. The third-order valence-corrected chi connectivity index (χ3v) is 6.70. The molecule has 0 saturated heterocycles. The molecule has 0 aliphatic heterocycles. The highest BCUT2D eigenvalue weighted by Crippen LogP contribution is 2.44. The largest absolute Gasteiger partial charge is 0.341 e. The van der Waals surface area contributed by atoms with Crippen molar-refractivity contribution in [3.8, 4) is 17.3 Å². The molecule has 0 radical (unpaired) electrons. The molecule has 0 bridgehead atoms. The van der Waals surface area contributed by atoms with Gasteiger partial charge >= 0.3 is 0 Å². The summed E-state index contributed by atoms with van der Waals surface area (Å²) in [6.45, 7) is 1.77. The third kappa shape index (κ3) is 4.88. The van der Waals surface area contributed by atoms with Crippen molar-refractivity contribution in [3.63, 3.8) is 0 Å². The first-order chi connectivity index (χ1) is 16.5. The molecule has 0 aliphatic rings. The lowest BCUT2D eigenvalue weighted by atomic mass is 9.81. The molecule has 0 N–H and O–H groups in total. The smallest absolute Gasteiger partial charge is 0.151 e. The third-order valence-electron chi connectivity index (χ3n) is 5.54. The summed E-state index contributed by atoms with van der Waals surface area (Å²) in [5, 5.41) is 15.8. The van der Waals surface area contributed by atoms with Gasteiger partial charge in [0.1, 0.15) is 29.9 Å². The highest BCUT2D eigenvalue weighted by atomic mass is 32.1. The predicted molar refractivity (Wildman–Crippen MR) is 125 cm³/mol. The maximum Gasteiger partial charge on any atom is 0.151 e. The number of halogens is 2. The van der Waals surface area contributed by atoms with Crippen LogP contribution >= 0.6 is 20.8 Å². The van der Waals surface area contributed by atoms with E-state index in [9.17, 15) is 4.39 Å². The molecule has 174 valence electrons. The molecule has 11 heteroatoms. The summed E-state index contributed by atoms with van der Waals surface area (Å²) in [6.07, 6.45) is 2.87. The molecule has 4 aromatic rings. The SMILES string of the molecule is C[C@@H](c1nc(-c2ccc(C#N)cc2)cs1)[C@@](Cn1cncn1)(OCOP)c1ccc(F)cc1F. The highest BCUT2D eigenvalue weighted by Gasteiger charge is 2.44. The molecule has 0 amide bonds. The van der Waals surface area contributed by atoms with Crippen LogP contribution in [-0.2, 0) is 21.4 Å². The van der Waals surface area contributed by atoms with Gasteiger partial charge in [-0.05, 0) is 18.2 Å². The number of hydrogen-bond acceptors (Lipinski definition) is 7. The van der Waals surface area contributed by atoms with E-state index in [-0.39, 0.29) is 18.9 Å². The quantitative estimate of drug-likeness (QED) is 0.237. The number of benzene rings is 2. The van der Waals surface area contributed by atoms with E-state index in [1.54, 1.807) is 12.1 Å². The fourth-order valence-corrected chi connectivity index (χ4v) is 4.80. The Balaban J connectivity index is 1.80. The van der Waals surface area contributed by atoms with Crippen LogP contribution in [0, 0.1) is 23.0 Å². The molecule has 3 atom stereocenters. The van der Waals surface area contributed by atoms with Crippen molar-refractivity contribution in [3.05, 3.63) is 88.3 Å². The van der Waals surface area contributed by atoms with Gasteiger partial charge in [0.25, 0.3) is 0 Å². The van der Waals surface area contributed by atoms with Gasteiger partial charge in [0.2, 0.25) is 0 Å². The molecule has 2 aromatic heterocycles. The first-order valence-corrected chi connectivity index (χ1v) is 11.5. The van der Waals surface area contributed by atoms with Gasteiger partial charge in [-0.3, -0.25) is 0 Å². The van der Waals surface area contributed by atoms with Crippen molar-refractivity contribution in [2.75, 3.05) is 6.79 Å². The molecular weight excluding hydrogens is 479 g/mol. The second-order valence-electron chi connectivity index (χ2n) is 7.52. The average Bonchev–Trinajstić information content (AvgIpc) is 3.54. The van der Waals surface area contributed by atoms with E-state index in [1.807, 2.05) is 24.4 Å². The normalized spacial score (nSPS) is 13.9. The zero-order valence-corrected chi connectivity index (χ0v) is 20.0. The van der Waals surface area contributed by atoms with Crippen LogP contribution < -0.4 is 0 Å². The number of hydrogen-bond donors (Lipinski definition) is 0. The summed E-state index contributed by atoms with van der Waals surface area (Å²) < 4.78 is 41.7. The molecule has 2 heterocycles. The molecule has 0 saturated carbocycles. The average molecular weight is 499 g/mol. The van der Waals surface area contributed by atoms with E-state index >= 15 is 4.39 Å². The first-order valence-electron chi connectivity index (χ1n) is 10.2. The number of aromatic nitrogens is 4. The number of rotatable bonds is 9. The summed E-state index contributed by atoms with van der Waals surface area (Å²) in [5.74, 6) is -1.93. The lowest BCUT2D eigenvalue weighted by Gasteiger charge is -2.38. The number of nitrogens with zero attached hydrogens (tertiary/aromatic N) is 5. The molecule has 0 fully saturated rings. The van der Waals surface area contributed by atoms with Gasteiger partial charge in [-0.2, -0.15) is 10.4 Å². The fourth-order valence-electron chi connectivity index (χ4n) is 3.76. The molecule has 2 aromatic carbocycles. The second kappa shape index (κ2) is 10.5. The van der Waals surface area contributed by atoms with E-state index < -0.39 is 23.2 Å². The van der Waals surface area contributed by atoms with Crippen LogP contribution in [0.1, 0.15) is 29.0 Å². The van der Waals surface area contributed by atoms with Crippen molar-refractivity contribution >= 4 is 20.8 Å². The Morgan fingerprint density at radius 1 is 1.24 bits per heavy atom. The van der Waals surface area contributed by atoms with E-state index in [0.717, 1.165) is 11.6 Å². The minimum absolute atomic E-state index is 0.0799. The minimum atomic E-state index is -1.35. The summed E-state index contributed by atoms with van der Waals surface area (Å²) in [5.41, 5.74) is 0.915. The van der Waals surface area contributed by atoms with Crippen LogP contribution in [0.5, 0.6) is 0 Å². The van der Waals surface area contributed by atoms with Crippen molar-refractivity contribution in [2.45, 2.75) is 25.0 Å². The Hall–Kier alpha value is -3.09. The van der Waals surface area contributed by atoms with E-state index in [4.69, 9.17) is 19.5 Å². The summed E-state index contributed by atoms with van der Waals surface area (Å²) >= 11 is 1.40. The van der Waals surface area contributed by atoms with Crippen molar-refractivity contribution < 1.29 is 18.0 Å².